The van der Waals surface area contributed by atoms with Gasteiger partial charge in [0, 0.05) is 38.2 Å². The van der Waals surface area contributed by atoms with E-state index in [1.54, 1.807) is 7.11 Å². The van der Waals surface area contributed by atoms with Crippen molar-refractivity contribution in [3.05, 3.63) is 35.9 Å². The normalized spacial score (nSPS) is 17.4. The number of ether oxygens (including phenoxy) is 1. The summed E-state index contributed by atoms with van der Waals surface area (Å²) in [6.07, 6.45) is 7.87. The Bertz CT molecular complexity index is 808. The second-order valence-corrected chi connectivity index (χ2v) is 8.46. The molecule has 0 radical (unpaired) electrons. The average molecular weight is 412 g/mol. The van der Waals surface area contributed by atoms with Crippen LogP contribution in [0, 0.1) is 5.92 Å². The number of anilines is 1. The Morgan fingerprint density at radius 2 is 1.87 bits per heavy atom. The van der Waals surface area contributed by atoms with Crippen LogP contribution in [0.3, 0.4) is 0 Å². The Hall–Kier alpha value is -2.34. The highest BCUT2D eigenvalue weighted by Crippen LogP contribution is 2.35. The SMILES string of the molecule is COCCN(Cc1c(-c2ccccc2)noc1N1CCCCC1)C(=O)C1CCCC1. The largest absolute Gasteiger partial charge is 0.383 e. The van der Waals surface area contributed by atoms with E-state index in [-0.39, 0.29) is 11.8 Å². The number of nitrogens with zero attached hydrogens (tertiary/aromatic N) is 3. The molecule has 0 N–H and O–H groups in total. The molecular weight excluding hydrogens is 378 g/mol. The molecule has 0 atom stereocenters. The van der Waals surface area contributed by atoms with E-state index >= 15 is 0 Å². The van der Waals surface area contributed by atoms with Crippen molar-refractivity contribution in [2.45, 2.75) is 51.5 Å². The highest BCUT2D eigenvalue weighted by atomic mass is 16.5. The summed E-state index contributed by atoms with van der Waals surface area (Å²) in [6, 6.07) is 10.1. The number of piperidine rings is 1. The molecule has 2 aliphatic rings. The maximum atomic E-state index is 13.3. The van der Waals surface area contributed by atoms with Crippen LogP contribution in [-0.4, -0.2) is 49.3 Å². The Kier molecular flexibility index (Phi) is 7.05. The minimum absolute atomic E-state index is 0.139. The lowest BCUT2D eigenvalue weighted by Crippen LogP contribution is -2.38. The van der Waals surface area contributed by atoms with Gasteiger partial charge in [0.25, 0.3) is 0 Å². The number of amides is 1. The number of methoxy groups -OCH3 is 1. The zero-order chi connectivity index (χ0) is 20.8. The molecule has 1 saturated heterocycles. The second kappa shape index (κ2) is 10.1. The van der Waals surface area contributed by atoms with Crippen molar-refractivity contribution in [1.82, 2.24) is 10.1 Å². The standard InChI is InChI=1S/C24H33N3O3/c1-29-17-16-27(23(28)20-12-6-7-13-20)18-21-22(19-10-4-2-5-11-19)25-30-24(21)26-14-8-3-9-15-26/h2,4-5,10-11,20H,3,6-9,12-18H2,1H3. The molecule has 0 unspecified atom stereocenters. The van der Waals surface area contributed by atoms with Crippen molar-refractivity contribution in [1.29, 1.82) is 0 Å². The molecule has 2 fully saturated rings. The van der Waals surface area contributed by atoms with E-state index in [2.05, 4.69) is 22.2 Å². The summed E-state index contributed by atoms with van der Waals surface area (Å²) in [5.74, 6) is 1.21. The van der Waals surface area contributed by atoms with Crippen molar-refractivity contribution < 1.29 is 14.1 Å². The van der Waals surface area contributed by atoms with Gasteiger partial charge in [-0.25, -0.2) is 0 Å². The Balaban J connectivity index is 1.66. The molecule has 4 rings (SSSR count). The molecule has 1 aliphatic heterocycles. The lowest BCUT2D eigenvalue weighted by atomic mass is 10.0. The van der Waals surface area contributed by atoms with Crippen molar-refractivity contribution in [2.75, 3.05) is 38.3 Å². The Morgan fingerprint density at radius 3 is 2.57 bits per heavy atom. The third kappa shape index (κ3) is 4.69. The van der Waals surface area contributed by atoms with Crippen molar-refractivity contribution in [3.8, 4) is 11.3 Å². The summed E-state index contributed by atoms with van der Waals surface area (Å²) in [5, 5.41) is 4.47. The van der Waals surface area contributed by atoms with E-state index in [1.165, 1.54) is 6.42 Å². The molecule has 1 aromatic carbocycles. The van der Waals surface area contributed by atoms with Crippen LogP contribution in [0.15, 0.2) is 34.9 Å². The Morgan fingerprint density at radius 1 is 1.13 bits per heavy atom. The van der Waals surface area contributed by atoms with Crippen LogP contribution in [-0.2, 0) is 16.1 Å². The molecule has 2 heterocycles. The first kappa shape index (κ1) is 20.9. The number of hydrogen-bond donors (Lipinski definition) is 0. The fourth-order valence-electron chi connectivity index (χ4n) is 4.70. The van der Waals surface area contributed by atoms with Crippen LogP contribution in [0.1, 0.15) is 50.5 Å². The van der Waals surface area contributed by atoms with E-state index in [4.69, 9.17) is 9.26 Å². The van der Waals surface area contributed by atoms with Crippen molar-refractivity contribution >= 4 is 11.8 Å². The minimum atomic E-state index is 0.139. The predicted octanol–water partition coefficient (Wildman–Crippen LogP) is 4.50. The monoisotopic (exact) mass is 411 g/mol. The highest BCUT2D eigenvalue weighted by Gasteiger charge is 2.31. The number of rotatable bonds is 8. The van der Waals surface area contributed by atoms with Gasteiger partial charge in [0.2, 0.25) is 11.8 Å². The second-order valence-electron chi connectivity index (χ2n) is 8.46. The maximum absolute atomic E-state index is 13.3. The minimum Gasteiger partial charge on any atom is -0.383 e. The van der Waals surface area contributed by atoms with Gasteiger partial charge in [0.05, 0.1) is 18.7 Å². The van der Waals surface area contributed by atoms with E-state index < -0.39 is 0 Å². The fraction of sp³-hybridized carbons (Fsp3) is 0.583. The number of benzene rings is 1. The molecule has 1 saturated carbocycles. The number of hydrogen-bond acceptors (Lipinski definition) is 5. The van der Waals surface area contributed by atoms with E-state index in [0.717, 1.165) is 74.3 Å². The predicted molar refractivity (Wildman–Crippen MR) is 117 cm³/mol. The van der Waals surface area contributed by atoms with Crippen molar-refractivity contribution in [3.63, 3.8) is 0 Å². The first-order valence-corrected chi connectivity index (χ1v) is 11.3. The van der Waals surface area contributed by atoms with Gasteiger partial charge in [-0.1, -0.05) is 48.3 Å². The summed E-state index contributed by atoms with van der Waals surface area (Å²) >= 11 is 0. The van der Waals surface area contributed by atoms with Gasteiger partial charge in [-0.3, -0.25) is 4.79 Å². The van der Waals surface area contributed by atoms with E-state index in [0.29, 0.717) is 19.7 Å². The maximum Gasteiger partial charge on any atom is 0.232 e. The van der Waals surface area contributed by atoms with Gasteiger partial charge in [-0.15, -0.1) is 0 Å². The molecular formula is C24H33N3O3. The summed E-state index contributed by atoms with van der Waals surface area (Å²) in [5.41, 5.74) is 2.89. The quantitative estimate of drug-likeness (QED) is 0.640. The highest BCUT2D eigenvalue weighted by molar-refractivity contribution is 5.80. The topological polar surface area (TPSA) is 58.8 Å². The zero-order valence-electron chi connectivity index (χ0n) is 18.0. The van der Waals surface area contributed by atoms with Gasteiger partial charge in [0.15, 0.2) is 0 Å². The van der Waals surface area contributed by atoms with Crippen LogP contribution in [0.4, 0.5) is 5.88 Å². The first-order chi connectivity index (χ1) is 14.8. The molecule has 0 spiro atoms. The third-order valence-electron chi connectivity index (χ3n) is 6.39. The third-order valence-corrected chi connectivity index (χ3v) is 6.39. The lowest BCUT2D eigenvalue weighted by molar-refractivity contribution is -0.136. The van der Waals surface area contributed by atoms with Crippen LogP contribution >= 0.6 is 0 Å². The Labute approximate surface area is 179 Å². The van der Waals surface area contributed by atoms with Crippen molar-refractivity contribution in [2.24, 2.45) is 5.92 Å². The number of carbonyl (C=O) groups excluding carboxylic acids is 1. The molecule has 2 aromatic rings. The molecule has 6 nitrogen and oxygen atoms in total. The molecule has 162 valence electrons. The molecule has 6 heteroatoms. The first-order valence-electron chi connectivity index (χ1n) is 11.3. The zero-order valence-corrected chi connectivity index (χ0v) is 18.0. The summed E-state index contributed by atoms with van der Waals surface area (Å²) in [4.78, 5) is 17.6. The summed E-state index contributed by atoms with van der Waals surface area (Å²) in [7, 11) is 1.69. The van der Waals surface area contributed by atoms with E-state index in [1.807, 2.05) is 23.1 Å². The van der Waals surface area contributed by atoms with Gasteiger partial charge >= 0.3 is 0 Å². The molecule has 0 bridgehead atoms. The van der Waals surface area contributed by atoms with Gasteiger partial charge in [-0.05, 0) is 32.1 Å². The van der Waals surface area contributed by atoms with Gasteiger partial charge in [0.1, 0.15) is 5.69 Å². The number of aromatic nitrogens is 1. The molecule has 1 amide bonds. The van der Waals surface area contributed by atoms with Crippen LogP contribution in [0.25, 0.3) is 11.3 Å². The molecule has 1 aromatic heterocycles. The number of carbonyl (C=O) groups is 1. The average Bonchev–Trinajstić information content (AvgIpc) is 3.48. The summed E-state index contributed by atoms with van der Waals surface area (Å²) < 4.78 is 11.2. The summed E-state index contributed by atoms with van der Waals surface area (Å²) in [6.45, 7) is 3.59. The van der Waals surface area contributed by atoms with Crippen LogP contribution in [0.5, 0.6) is 0 Å². The molecule has 30 heavy (non-hydrogen) atoms. The van der Waals surface area contributed by atoms with Gasteiger partial charge < -0.3 is 19.1 Å². The van der Waals surface area contributed by atoms with E-state index in [9.17, 15) is 4.79 Å². The lowest BCUT2D eigenvalue weighted by Gasteiger charge is -2.29. The van der Waals surface area contributed by atoms with Gasteiger partial charge in [-0.2, -0.15) is 0 Å². The molecule has 1 aliphatic carbocycles. The fourth-order valence-corrected chi connectivity index (χ4v) is 4.70. The van der Waals surface area contributed by atoms with Crippen LogP contribution < -0.4 is 4.90 Å². The van der Waals surface area contributed by atoms with Crippen LogP contribution in [0.2, 0.25) is 0 Å². The smallest absolute Gasteiger partial charge is 0.232 e.